The monoisotopic (exact) mass is 397 g/mol. The summed E-state index contributed by atoms with van der Waals surface area (Å²) in [7, 11) is 3.10. The van der Waals surface area contributed by atoms with Gasteiger partial charge in [0.15, 0.2) is 6.10 Å². The maximum Gasteiger partial charge on any atom is 0.331 e. The Kier molecular flexibility index (Phi) is 8.27. The van der Waals surface area contributed by atoms with Gasteiger partial charge >= 0.3 is 5.97 Å². The highest BCUT2D eigenvalue weighted by molar-refractivity contribution is 5.90. The number of carbonyl (C=O) groups is 2. The summed E-state index contributed by atoms with van der Waals surface area (Å²) in [4.78, 5) is 24.3. The summed E-state index contributed by atoms with van der Waals surface area (Å²) in [5, 5.41) is 2.82. The number of esters is 1. The maximum absolute atomic E-state index is 12.2. The van der Waals surface area contributed by atoms with Crippen LogP contribution in [0.3, 0.4) is 0 Å². The number of carbonyl (C=O) groups excluding carboxylic acids is 2. The van der Waals surface area contributed by atoms with Crippen LogP contribution in [0.2, 0.25) is 0 Å². The first-order valence-electron chi connectivity index (χ1n) is 9.37. The van der Waals surface area contributed by atoms with Gasteiger partial charge in [-0.15, -0.1) is 0 Å². The smallest absolute Gasteiger partial charge is 0.331 e. The molecule has 154 valence electrons. The molecular weight excluding hydrogens is 370 g/mol. The number of methoxy groups -OCH3 is 2. The highest BCUT2D eigenvalue weighted by Gasteiger charge is 2.17. The highest BCUT2D eigenvalue weighted by Crippen LogP contribution is 2.23. The Morgan fingerprint density at radius 3 is 2.21 bits per heavy atom. The van der Waals surface area contributed by atoms with Crippen LogP contribution in [0.5, 0.6) is 11.5 Å². The minimum absolute atomic E-state index is 0.158. The van der Waals surface area contributed by atoms with E-state index >= 15 is 0 Å². The van der Waals surface area contributed by atoms with E-state index in [0.29, 0.717) is 23.6 Å². The van der Waals surface area contributed by atoms with E-state index < -0.39 is 12.1 Å². The van der Waals surface area contributed by atoms with Crippen LogP contribution in [0, 0.1) is 0 Å². The topological polar surface area (TPSA) is 73.9 Å². The molecule has 2 aromatic rings. The maximum atomic E-state index is 12.2. The number of hydrogen-bond donors (Lipinski definition) is 1. The highest BCUT2D eigenvalue weighted by atomic mass is 16.5. The van der Waals surface area contributed by atoms with Crippen LogP contribution in [0.15, 0.2) is 54.6 Å². The van der Waals surface area contributed by atoms with Crippen LogP contribution in [0.25, 0.3) is 6.08 Å². The van der Waals surface area contributed by atoms with Crippen LogP contribution < -0.4 is 14.8 Å². The molecule has 0 unspecified atom stereocenters. The second-order valence-electron chi connectivity index (χ2n) is 6.62. The molecule has 0 saturated carbocycles. The second-order valence-corrected chi connectivity index (χ2v) is 6.62. The third-order valence-corrected chi connectivity index (χ3v) is 4.40. The Morgan fingerprint density at radius 1 is 1.00 bits per heavy atom. The number of benzene rings is 2. The van der Waals surface area contributed by atoms with E-state index in [4.69, 9.17) is 14.2 Å². The van der Waals surface area contributed by atoms with Crippen molar-refractivity contribution in [1.29, 1.82) is 0 Å². The van der Waals surface area contributed by atoms with Gasteiger partial charge in [0.25, 0.3) is 5.91 Å². The Bertz CT molecular complexity index is 825. The lowest BCUT2D eigenvalue weighted by Gasteiger charge is -2.16. The average molecular weight is 397 g/mol. The number of ether oxygens (including phenoxy) is 3. The third-order valence-electron chi connectivity index (χ3n) is 4.40. The Morgan fingerprint density at radius 2 is 1.62 bits per heavy atom. The van der Waals surface area contributed by atoms with E-state index in [1.54, 1.807) is 45.4 Å². The van der Waals surface area contributed by atoms with Crippen molar-refractivity contribution in [2.24, 2.45) is 0 Å². The molecule has 0 fully saturated rings. The molecule has 1 N–H and O–H groups in total. The van der Waals surface area contributed by atoms with Gasteiger partial charge in [0.2, 0.25) is 0 Å². The quantitative estimate of drug-likeness (QED) is 0.517. The fraction of sp³-hybridized carbons (Fsp3) is 0.304. The molecule has 0 spiro atoms. The molecule has 2 atom stereocenters. The molecule has 29 heavy (non-hydrogen) atoms. The van der Waals surface area contributed by atoms with Crippen molar-refractivity contribution in [2.75, 3.05) is 20.8 Å². The third kappa shape index (κ3) is 6.99. The molecule has 2 rings (SSSR count). The summed E-state index contributed by atoms with van der Waals surface area (Å²) in [6, 6.07) is 15.1. The summed E-state index contributed by atoms with van der Waals surface area (Å²) in [5.41, 5.74) is 1.85. The van der Waals surface area contributed by atoms with Gasteiger partial charge in [-0.1, -0.05) is 37.3 Å². The number of hydrogen-bond acceptors (Lipinski definition) is 5. The van der Waals surface area contributed by atoms with E-state index in [0.717, 1.165) is 5.56 Å². The van der Waals surface area contributed by atoms with Gasteiger partial charge in [-0.05, 0) is 42.2 Å². The molecular formula is C23H27NO5. The zero-order valence-corrected chi connectivity index (χ0v) is 17.2. The van der Waals surface area contributed by atoms with Gasteiger partial charge in [0.05, 0.1) is 14.2 Å². The van der Waals surface area contributed by atoms with Crippen molar-refractivity contribution in [3.63, 3.8) is 0 Å². The number of amides is 1. The van der Waals surface area contributed by atoms with E-state index in [-0.39, 0.29) is 11.8 Å². The van der Waals surface area contributed by atoms with Crippen molar-refractivity contribution >= 4 is 18.0 Å². The molecule has 0 aliphatic carbocycles. The van der Waals surface area contributed by atoms with Crippen LogP contribution in [-0.4, -0.2) is 38.7 Å². The fourth-order valence-corrected chi connectivity index (χ4v) is 2.65. The van der Waals surface area contributed by atoms with E-state index in [1.165, 1.54) is 6.08 Å². The van der Waals surface area contributed by atoms with Crippen molar-refractivity contribution < 1.29 is 23.8 Å². The Balaban J connectivity index is 1.86. The van der Waals surface area contributed by atoms with Crippen molar-refractivity contribution in [1.82, 2.24) is 5.32 Å². The summed E-state index contributed by atoms with van der Waals surface area (Å²) >= 11 is 0. The number of rotatable bonds is 9. The predicted octanol–water partition coefficient (Wildman–Crippen LogP) is 3.57. The Labute approximate surface area is 171 Å². The summed E-state index contributed by atoms with van der Waals surface area (Å²) in [6.07, 6.45) is 1.95. The van der Waals surface area contributed by atoms with Crippen molar-refractivity contribution in [2.45, 2.75) is 25.9 Å². The molecule has 0 aliphatic rings. The lowest BCUT2D eigenvalue weighted by Crippen LogP contribution is -2.37. The van der Waals surface area contributed by atoms with E-state index in [2.05, 4.69) is 5.32 Å². The van der Waals surface area contributed by atoms with Crippen LogP contribution >= 0.6 is 0 Å². The normalized spacial score (nSPS) is 12.8. The lowest BCUT2D eigenvalue weighted by atomic mass is 10.0. The first-order chi connectivity index (χ1) is 13.9. The standard InChI is InChI=1S/C23H27NO5/c1-16(19-8-6-5-7-9-19)15-24-23(26)17(2)29-22(25)11-10-18-12-20(27-3)14-21(13-18)28-4/h5-14,16-17H,15H2,1-4H3,(H,24,26)/b11-10+/t16-,17+/m0/s1. The molecule has 0 aliphatic heterocycles. The van der Waals surface area contributed by atoms with Crippen molar-refractivity contribution in [3.8, 4) is 11.5 Å². The molecule has 6 heteroatoms. The molecule has 6 nitrogen and oxygen atoms in total. The molecule has 0 heterocycles. The first kappa shape index (κ1) is 22.0. The summed E-state index contributed by atoms with van der Waals surface area (Å²) < 4.78 is 15.6. The van der Waals surface area contributed by atoms with Crippen LogP contribution in [0.1, 0.15) is 30.9 Å². The zero-order valence-electron chi connectivity index (χ0n) is 17.2. The Hall–Kier alpha value is -3.28. The molecule has 1 amide bonds. The van der Waals surface area contributed by atoms with Crippen LogP contribution in [-0.2, 0) is 14.3 Å². The summed E-state index contributed by atoms with van der Waals surface area (Å²) in [6.45, 7) is 4.03. The van der Waals surface area contributed by atoms with Gasteiger partial charge in [0, 0.05) is 18.7 Å². The van der Waals surface area contributed by atoms with E-state index in [1.807, 2.05) is 37.3 Å². The average Bonchev–Trinajstić information content (AvgIpc) is 2.75. The zero-order chi connectivity index (χ0) is 21.2. The lowest BCUT2D eigenvalue weighted by molar-refractivity contribution is -0.150. The van der Waals surface area contributed by atoms with Crippen LogP contribution in [0.4, 0.5) is 0 Å². The predicted molar refractivity (Wildman–Crippen MR) is 112 cm³/mol. The number of nitrogens with one attached hydrogen (secondary N) is 1. The van der Waals surface area contributed by atoms with Gasteiger partial charge in [-0.25, -0.2) is 4.79 Å². The largest absolute Gasteiger partial charge is 0.497 e. The van der Waals surface area contributed by atoms with Gasteiger partial charge < -0.3 is 19.5 Å². The van der Waals surface area contributed by atoms with Gasteiger partial charge in [-0.2, -0.15) is 0 Å². The first-order valence-corrected chi connectivity index (χ1v) is 9.37. The van der Waals surface area contributed by atoms with Crippen molar-refractivity contribution in [3.05, 3.63) is 65.7 Å². The van der Waals surface area contributed by atoms with Gasteiger partial charge in [0.1, 0.15) is 11.5 Å². The minimum atomic E-state index is -0.894. The molecule has 0 saturated heterocycles. The minimum Gasteiger partial charge on any atom is -0.497 e. The van der Waals surface area contributed by atoms with E-state index in [9.17, 15) is 9.59 Å². The molecule has 0 aromatic heterocycles. The summed E-state index contributed by atoms with van der Waals surface area (Å²) in [5.74, 6) is 0.435. The fourth-order valence-electron chi connectivity index (χ4n) is 2.65. The SMILES string of the molecule is COc1cc(/C=C/C(=O)O[C@H](C)C(=O)NC[C@H](C)c2ccccc2)cc(OC)c1. The second kappa shape index (κ2) is 10.9. The molecule has 0 radical (unpaired) electrons. The van der Waals surface area contributed by atoms with Gasteiger partial charge in [-0.3, -0.25) is 4.79 Å². The molecule has 0 bridgehead atoms. The molecule has 2 aromatic carbocycles.